The molecule has 1 N–H and O–H groups in total. The summed E-state index contributed by atoms with van der Waals surface area (Å²) in [6.45, 7) is 4.12. The highest BCUT2D eigenvalue weighted by Crippen LogP contribution is 2.18. The van der Waals surface area contributed by atoms with Gasteiger partial charge in [-0.3, -0.25) is 9.69 Å². The van der Waals surface area contributed by atoms with Crippen molar-refractivity contribution in [3.05, 3.63) is 23.7 Å². The monoisotopic (exact) mass is 236 g/mol. The highest BCUT2D eigenvalue weighted by atomic mass is 16.3. The fourth-order valence-corrected chi connectivity index (χ4v) is 2.51. The second-order valence-corrected chi connectivity index (χ2v) is 4.72. The van der Waals surface area contributed by atoms with E-state index in [4.69, 9.17) is 4.42 Å². The molecule has 4 nitrogen and oxygen atoms in total. The summed E-state index contributed by atoms with van der Waals surface area (Å²) < 4.78 is 5.41. The Hall–Kier alpha value is -1.13. The van der Waals surface area contributed by atoms with E-state index in [1.807, 2.05) is 13.1 Å². The van der Waals surface area contributed by atoms with Crippen molar-refractivity contribution in [2.75, 3.05) is 26.7 Å². The number of piperidine rings is 1. The zero-order valence-corrected chi connectivity index (χ0v) is 10.3. The SMILES string of the molecule is CNCC1CCCN(Cc2ccc(C=O)o2)C1. The molecule has 1 aromatic heterocycles. The zero-order chi connectivity index (χ0) is 12.1. The second kappa shape index (κ2) is 5.98. The number of nitrogens with one attached hydrogen (secondary N) is 1. The van der Waals surface area contributed by atoms with Gasteiger partial charge in [-0.15, -0.1) is 0 Å². The molecule has 0 radical (unpaired) electrons. The van der Waals surface area contributed by atoms with Gasteiger partial charge in [0.1, 0.15) is 5.76 Å². The van der Waals surface area contributed by atoms with Crippen LogP contribution in [0.4, 0.5) is 0 Å². The number of rotatable bonds is 5. The summed E-state index contributed by atoms with van der Waals surface area (Å²) in [6, 6.07) is 3.63. The standard InChI is InChI=1S/C13H20N2O2/c1-14-7-11-3-2-6-15(8-11)9-12-4-5-13(10-16)17-12/h4-5,10-11,14H,2-3,6-9H2,1H3. The number of carbonyl (C=O) groups is 1. The van der Waals surface area contributed by atoms with E-state index in [-0.39, 0.29) is 0 Å². The lowest BCUT2D eigenvalue weighted by Gasteiger charge is -2.31. The first-order valence-corrected chi connectivity index (χ1v) is 6.22. The van der Waals surface area contributed by atoms with E-state index in [1.165, 1.54) is 12.8 Å². The van der Waals surface area contributed by atoms with Crippen LogP contribution in [0.25, 0.3) is 0 Å². The van der Waals surface area contributed by atoms with Gasteiger partial charge in [0.2, 0.25) is 0 Å². The molecule has 1 unspecified atom stereocenters. The molecule has 1 fully saturated rings. The molecule has 17 heavy (non-hydrogen) atoms. The zero-order valence-electron chi connectivity index (χ0n) is 10.3. The summed E-state index contributed by atoms with van der Waals surface area (Å²) in [6.07, 6.45) is 3.30. The minimum Gasteiger partial charge on any atom is -0.457 e. The van der Waals surface area contributed by atoms with E-state index in [2.05, 4.69) is 10.2 Å². The molecular formula is C13H20N2O2. The average Bonchev–Trinajstić information content (AvgIpc) is 2.78. The Morgan fingerprint density at radius 3 is 3.18 bits per heavy atom. The summed E-state index contributed by atoms with van der Waals surface area (Å²) in [5.41, 5.74) is 0. The maximum absolute atomic E-state index is 10.5. The molecule has 94 valence electrons. The van der Waals surface area contributed by atoms with Gasteiger partial charge >= 0.3 is 0 Å². The lowest BCUT2D eigenvalue weighted by atomic mass is 9.98. The Balaban J connectivity index is 1.87. The lowest BCUT2D eigenvalue weighted by molar-refractivity contribution is 0.109. The molecule has 0 spiro atoms. The molecule has 0 aromatic carbocycles. The Kier molecular flexibility index (Phi) is 4.34. The number of carbonyl (C=O) groups excluding carboxylic acids is 1. The highest BCUT2D eigenvalue weighted by Gasteiger charge is 2.20. The van der Waals surface area contributed by atoms with Crippen molar-refractivity contribution in [1.29, 1.82) is 0 Å². The maximum Gasteiger partial charge on any atom is 0.185 e. The van der Waals surface area contributed by atoms with Crippen molar-refractivity contribution in [1.82, 2.24) is 10.2 Å². The first-order valence-electron chi connectivity index (χ1n) is 6.22. The van der Waals surface area contributed by atoms with Crippen LogP contribution in [0.15, 0.2) is 16.5 Å². The molecule has 2 rings (SSSR count). The molecule has 1 aliphatic rings. The normalized spacial score (nSPS) is 21.6. The third kappa shape index (κ3) is 3.41. The molecule has 2 heterocycles. The summed E-state index contributed by atoms with van der Waals surface area (Å²) in [5, 5.41) is 3.24. The number of aldehydes is 1. The van der Waals surface area contributed by atoms with Gasteiger partial charge in [-0.2, -0.15) is 0 Å². The molecule has 1 aliphatic heterocycles. The highest BCUT2D eigenvalue weighted by molar-refractivity contribution is 5.70. The third-order valence-corrected chi connectivity index (χ3v) is 3.27. The van der Waals surface area contributed by atoms with Crippen LogP contribution in [0.2, 0.25) is 0 Å². The molecule has 1 aromatic rings. The Morgan fingerprint density at radius 2 is 2.47 bits per heavy atom. The summed E-state index contributed by atoms with van der Waals surface area (Å²) in [7, 11) is 2.00. The number of hydrogen-bond donors (Lipinski definition) is 1. The van der Waals surface area contributed by atoms with E-state index < -0.39 is 0 Å². The molecule has 1 saturated heterocycles. The number of hydrogen-bond acceptors (Lipinski definition) is 4. The Labute approximate surface area is 102 Å². The van der Waals surface area contributed by atoms with Crippen LogP contribution in [0.5, 0.6) is 0 Å². The number of furan rings is 1. The van der Waals surface area contributed by atoms with E-state index in [0.29, 0.717) is 5.76 Å². The van der Waals surface area contributed by atoms with E-state index >= 15 is 0 Å². The number of nitrogens with zero attached hydrogens (tertiary/aromatic N) is 1. The molecule has 0 bridgehead atoms. The largest absolute Gasteiger partial charge is 0.457 e. The van der Waals surface area contributed by atoms with Crippen LogP contribution in [-0.4, -0.2) is 37.9 Å². The first-order chi connectivity index (χ1) is 8.31. The van der Waals surface area contributed by atoms with Crippen LogP contribution in [0.3, 0.4) is 0 Å². The molecule has 0 amide bonds. The predicted molar refractivity (Wildman–Crippen MR) is 66.0 cm³/mol. The maximum atomic E-state index is 10.5. The topological polar surface area (TPSA) is 45.5 Å². The van der Waals surface area contributed by atoms with Gasteiger partial charge in [-0.1, -0.05) is 0 Å². The van der Waals surface area contributed by atoms with Crippen LogP contribution in [0, 0.1) is 5.92 Å². The summed E-state index contributed by atoms with van der Waals surface area (Å²) in [4.78, 5) is 12.9. The fraction of sp³-hybridized carbons (Fsp3) is 0.615. The minimum atomic E-state index is 0.420. The quantitative estimate of drug-likeness (QED) is 0.787. The Bertz CT molecular complexity index is 360. The van der Waals surface area contributed by atoms with E-state index in [1.54, 1.807) is 6.07 Å². The second-order valence-electron chi connectivity index (χ2n) is 4.72. The Morgan fingerprint density at radius 1 is 1.59 bits per heavy atom. The first kappa shape index (κ1) is 12.3. The van der Waals surface area contributed by atoms with Gasteiger partial charge in [-0.25, -0.2) is 0 Å². The fourth-order valence-electron chi connectivity index (χ4n) is 2.51. The van der Waals surface area contributed by atoms with Gasteiger partial charge in [0, 0.05) is 6.54 Å². The predicted octanol–water partition coefficient (Wildman–Crippen LogP) is 1.52. The van der Waals surface area contributed by atoms with Gasteiger partial charge in [-0.05, 0) is 51.0 Å². The minimum absolute atomic E-state index is 0.420. The molecule has 0 saturated carbocycles. The summed E-state index contributed by atoms with van der Waals surface area (Å²) >= 11 is 0. The smallest absolute Gasteiger partial charge is 0.185 e. The van der Waals surface area contributed by atoms with Crippen molar-refractivity contribution in [3.8, 4) is 0 Å². The molecule has 4 heteroatoms. The van der Waals surface area contributed by atoms with Gasteiger partial charge < -0.3 is 9.73 Å². The van der Waals surface area contributed by atoms with Crippen LogP contribution in [0.1, 0.15) is 29.2 Å². The summed E-state index contributed by atoms with van der Waals surface area (Å²) in [5.74, 6) is 2.04. The van der Waals surface area contributed by atoms with Crippen LogP contribution >= 0.6 is 0 Å². The van der Waals surface area contributed by atoms with Crippen LogP contribution < -0.4 is 5.32 Å². The lowest BCUT2D eigenvalue weighted by Crippen LogP contribution is -2.38. The van der Waals surface area contributed by atoms with Gasteiger partial charge in [0.25, 0.3) is 0 Å². The van der Waals surface area contributed by atoms with Crippen molar-refractivity contribution >= 4 is 6.29 Å². The van der Waals surface area contributed by atoms with E-state index in [0.717, 1.165) is 44.1 Å². The van der Waals surface area contributed by atoms with Crippen molar-refractivity contribution < 1.29 is 9.21 Å². The molecule has 1 atom stereocenters. The van der Waals surface area contributed by atoms with Crippen molar-refractivity contribution in [2.45, 2.75) is 19.4 Å². The van der Waals surface area contributed by atoms with Gasteiger partial charge in [0.05, 0.1) is 6.54 Å². The van der Waals surface area contributed by atoms with E-state index in [9.17, 15) is 4.79 Å². The van der Waals surface area contributed by atoms with Crippen LogP contribution in [-0.2, 0) is 6.54 Å². The number of likely N-dealkylation sites (tertiary alicyclic amines) is 1. The van der Waals surface area contributed by atoms with Crippen molar-refractivity contribution in [3.63, 3.8) is 0 Å². The van der Waals surface area contributed by atoms with Gasteiger partial charge in [0.15, 0.2) is 12.0 Å². The third-order valence-electron chi connectivity index (χ3n) is 3.27. The average molecular weight is 236 g/mol. The molecular weight excluding hydrogens is 216 g/mol. The van der Waals surface area contributed by atoms with Crippen molar-refractivity contribution in [2.24, 2.45) is 5.92 Å². The molecule has 0 aliphatic carbocycles.